The number of amides is 2. The lowest BCUT2D eigenvalue weighted by Crippen LogP contribution is -2.14. The molecule has 0 aliphatic heterocycles. The van der Waals surface area contributed by atoms with Crippen LogP contribution in [0.1, 0.15) is 39.5 Å². The van der Waals surface area contributed by atoms with Crippen molar-refractivity contribution in [3.63, 3.8) is 0 Å². The molecule has 0 unspecified atom stereocenters. The molecule has 0 aromatic heterocycles. The van der Waals surface area contributed by atoms with Crippen LogP contribution in [0.4, 0.5) is 21.0 Å². The number of phenolic OH excluding ortho intramolecular Hbond substituents is 2. The highest BCUT2D eigenvalue weighted by Crippen LogP contribution is 2.41. The highest BCUT2D eigenvalue weighted by Gasteiger charge is 2.16. The molecule has 224 valence electrons. The molecule has 0 saturated heterocycles. The van der Waals surface area contributed by atoms with E-state index < -0.39 is 12.2 Å². The Bertz CT molecular complexity index is 1400. The zero-order valence-electron chi connectivity index (χ0n) is 24.3. The number of carbonyl (C=O) groups is 2. The third-order valence-corrected chi connectivity index (χ3v) is 6.49. The molecular weight excluding hydrogens is 548 g/mol. The Morgan fingerprint density at radius 3 is 1.37 bits per heavy atom. The molecular formula is C34H36N2O7. The van der Waals surface area contributed by atoms with Gasteiger partial charge in [-0.1, -0.05) is 51.0 Å². The molecule has 0 fully saturated rings. The van der Waals surface area contributed by atoms with Crippen LogP contribution < -0.4 is 15.4 Å². The third-order valence-electron chi connectivity index (χ3n) is 6.49. The molecule has 4 N–H and O–H groups in total. The minimum atomic E-state index is -0.551. The van der Waals surface area contributed by atoms with E-state index in [4.69, 9.17) is 14.2 Å². The van der Waals surface area contributed by atoms with Crippen molar-refractivity contribution >= 4 is 23.6 Å². The average Bonchev–Trinajstić information content (AvgIpc) is 3.00. The maximum absolute atomic E-state index is 12.3. The van der Waals surface area contributed by atoms with Gasteiger partial charge in [0.15, 0.2) is 0 Å². The largest absolute Gasteiger partial charge is 0.508 e. The van der Waals surface area contributed by atoms with Gasteiger partial charge in [-0.05, 0) is 84.6 Å². The van der Waals surface area contributed by atoms with Crippen molar-refractivity contribution in [3.05, 3.63) is 84.9 Å². The average molecular weight is 585 g/mol. The highest BCUT2D eigenvalue weighted by atomic mass is 16.6. The van der Waals surface area contributed by atoms with Crippen LogP contribution in [-0.2, 0) is 9.47 Å². The van der Waals surface area contributed by atoms with Crippen molar-refractivity contribution in [2.75, 3.05) is 23.8 Å². The van der Waals surface area contributed by atoms with Crippen molar-refractivity contribution < 1.29 is 34.0 Å². The van der Waals surface area contributed by atoms with Gasteiger partial charge in [0.2, 0.25) is 0 Å². The van der Waals surface area contributed by atoms with Crippen LogP contribution in [0.15, 0.2) is 84.9 Å². The molecule has 4 aromatic rings. The Morgan fingerprint density at radius 1 is 0.605 bits per heavy atom. The van der Waals surface area contributed by atoms with Crippen molar-refractivity contribution in [1.82, 2.24) is 0 Å². The Labute approximate surface area is 251 Å². The summed E-state index contributed by atoms with van der Waals surface area (Å²) in [5.41, 5.74) is 3.83. The fourth-order valence-corrected chi connectivity index (χ4v) is 4.17. The smallest absolute Gasteiger partial charge is 0.411 e. The first-order chi connectivity index (χ1) is 20.9. The van der Waals surface area contributed by atoms with Crippen LogP contribution in [0.3, 0.4) is 0 Å². The Hall–Kier alpha value is -5.18. The number of hydrogen-bond donors (Lipinski definition) is 4. The number of carbonyl (C=O) groups excluding carboxylic acids is 2. The van der Waals surface area contributed by atoms with E-state index in [1.807, 2.05) is 13.8 Å². The summed E-state index contributed by atoms with van der Waals surface area (Å²) in [4.78, 5) is 24.6. The summed E-state index contributed by atoms with van der Waals surface area (Å²) in [6, 6.07) is 23.7. The summed E-state index contributed by atoms with van der Waals surface area (Å²) in [5.74, 6) is 1.20. The second kappa shape index (κ2) is 15.2. The van der Waals surface area contributed by atoms with E-state index in [0.717, 1.165) is 36.8 Å². The molecule has 0 atom stereocenters. The Morgan fingerprint density at radius 2 is 1.00 bits per heavy atom. The lowest BCUT2D eigenvalue weighted by Gasteiger charge is -2.17. The first-order valence-electron chi connectivity index (χ1n) is 14.3. The Balaban J connectivity index is 1.68. The van der Waals surface area contributed by atoms with Crippen molar-refractivity contribution in [2.45, 2.75) is 39.5 Å². The van der Waals surface area contributed by atoms with Crippen LogP contribution in [0.5, 0.6) is 23.0 Å². The van der Waals surface area contributed by atoms with E-state index in [9.17, 15) is 19.8 Å². The number of aromatic hydroxyl groups is 2. The third kappa shape index (κ3) is 8.90. The zero-order valence-corrected chi connectivity index (χ0v) is 24.3. The van der Waals surface area contributed by atoms with Crippen LogP contribution in [-0.4, -0.2) is 35.6 Å². The van der Waals surface area contributed by atoms with Gasteiger partial charge < -0.3 is 24.4 Å². The Kier molecular flexibility index (Phi) is 10.9. The van der Waals surface area contributed by atoms with Crippen LogP contribution in [0, 0.1) is 0 Å². The predicted octanol–water partition coefficient (Wildman–Crippen LogP) is 8.92. The van der Waals surface area contributed by atoms with Gasteiger partial charge in [-0.3, -0.25) is 10.6 Å². The summed E-state index contributed by atoms with van der Waals surface area (Å²) >= 11 is 0. The molecule has 0 aliphatic carbocycles. The van der Waals surface area contributed by atoms with Gasteiger partial charge in [0.25, 0.3) is 0 Å². The summed E-state index contributed by atoms with van der Waals surface area (Å²) in [6.45, 7) is 4.69. The molecule has 4 aromatic carbocycles. The van der Waals surface area contributed by atoms with Gasteiger partial charge in [0.05, 0.1) is 13.2 Å². The predicted molar refractivity (Wildman–Crippen MR) is 167 cm³/mol. The lowest BCUT2D eigenvalue weighted by molar-refractivity contribution is 0.159. The standard InChI is InChI=1S/C34H36N2O7/c1-3-5-19-41-33(39)35-25-11-17-31(29(21-25)23-7-13-27(37)14-8-23)43-32-18-12-26(36-34(40)42-20-6-4-2)22-30(32)24-9-15-28(38)16-10-24/h7-18,21-22,37-38H,3-6,19-20H2,1-2H3,(H,35,39)(H,36,40). The number of hydrogen-bond acceptors (Lipinski definition) is 7. The van der Waals surface area contributed by atoms with E-state index in [2.05, 4.69) is 10.6 Å². The van der Waals surface area contributed by atoms with E-state index in [1.54, 1.807) is 84.9 Å². The van der Waals surface area contributed by atoms with E-state index in [1.165, 1.54) is 0 Å². The van der Waals surface area contributed by atoms with Crippen LogP contribution >= 0.6 is 0 Å². The second-order valence-corrected chi connectivity index (χ2v) is 9.85. The summed E-state index contributed by atoms with van der Waals surface area (Å²) in [6.07, 6.45) is 2.27. The molecule has 0 radical (unpaired) electrons. The highest BCUT2D eigenvalue weighted by molar-refractivity contribution is 5.88. The fourth-order valence-electron chi connectivity index (χ4n) is 4.17. The molecule has 0 heterocycles. The number of benzene rings is 4. The molecule has 0 bridgehead atoms. The van der Waals surface area contributed by atoms with Gasteiger partial charge in [0.1, 0.15) is 23.0 Å². The normalized spacial score (nSPS) is 10.6. The van der Waals surface area contributed by atoms with Crippen molar-refractivity contribution in [2.24, 2.45) is 0 Å². The number of phenols is 2. The number of nitrogens with one attached hydrogen (secondary N) is 2. The topological polar surface area (TPSA) is 126 Å². The van der Waals surface area contributed by atoms with E-state index in [0.29, 0.717) is 47.2 Å². The zero-order chi connectivity index (χ0) is 30.6. The van der Waals surface area contributed by atoms with Crippen molar-refractivity contribution in [3.8, 4) is 45.3 Å². The maximum Gasteiger partial charge on any atom is 0.411 e. The van der Waals surface area contributed by atoms with E-state index >= 15 is 0 Å². The number of rotatable bonds is 12. The second-order valence-electron chi connectivity index (χ2n) is 9.85. The van der Waals surface area contributed by atoms with Gasteiger partial charge in [-0.15, -0.1) is 0 Å². The number of unbranched alkanes of at least 4 members (excludes halogenated alkanes) is 2. The first kappa shape index (κ1) is 30.8. The minimum Gasteiger partial charge on any atom is -0.508 e. The molecule has 43 heavy (non-hydrogen) atoms. The monoisotopic (exact) mass is 584 g/mol. The van der Waals surface area contributed by atoms with Gasteiger partial charge >= 0.3 is 12.2 Å². The van der Waals surface area contributed by atoms with Gasteiger partial charge in [-0.2, -0.15) is 0 Å². The quantitative estimate of drug-likeness (QED) is 0.122. The molecule has 4 rings (SSSR count). The maximum atomic E-state index is 12.3. The molecule has 0 spiro atoms. The summed E-state index contributed by atoms with van der Waals surface area (Å²) in [5, 5.41) is 25.2. The molecule has 9 heteroatoms. The number of anilines is 2. The number of ether oxygens (including phenoxy) is 3. The van der Waals surface area contributed by atoms with Crippen molar-refractivity contribution in [1.29, 1.82) is 0 Å². The molecule has 2 amide bonds. The SMILES string of the molecule is CCCCOC(=O)Nc1ccc(Oc2ccc(NC(=O)OCCCC)cc2-c2ccc(O)cc2)c(-c2ccc(O)cc2)c1. The van der Waals surface area contributed by atoms with Crippen LogP contribution in [0.25, 0.3) is 22.3 Å². The lowest BCUT2D eigenvalue weighted by atomic mass is 10.0. The molecule has 9 nitrogen and oxygen atoms in total. The summed E-state index contributed by atoms with van der Waals surface area (Å²) < 4.78 is 17.0. The van der Waals surface area contributed by atoms with Gasteiger partial charge in [0, 0.05) is 22.5 Å². The minimum absolute atomic E-state index is 0.117. The molecule has 0 aliphatic rings. The fraction of sp³-hybridized carbons (Fsp3) is 0.235. The van der Waals surface area contributed by atoms with Crippen LogP contribution in [0.2, 0.25) is 0 Å². The summed E-state index contributed by atoms with van der Waals surface area (Å²) in [7, 11) is 0. The van der Waals surface area contributed by atoms with E-state index in [-0.39, 0.29) is 11.5 Å². The first-order valence-corrected chi connectivity index (χ1v) is 14.3. The molecule has 0 saturated carbocycles. The van der Waals surface area contributed by atoms with Gasteiger partial charge in [-0.25, -0.2) is 9.59 Å².